The van der Waals surface area contributed by atoms with Gasteiger partial charge in [0.1, 0.15) is 0 Å². The highest BCUT2D eigenvalue weighted by atomic mass is 16.4. The number of nitrogens with zero attached hydrogens (tertiary/aromatic N) is 2. The zero-order valence-corrected chi connectivity index (χ0v) is 20.8. The summed E-state index contributed by atoms with van der Waals surface area (Å²) >= 11 is 0. The van der Waals surface area contributed by atoms with Crippen molar-refractivity contribution in [1.29, 1.82) is 0 Å². The number of carbonyl (C=O) groups is 2. The lowest BCUT2D eigenvalue weighted by Gasteiger charge is -2.28. The first kappa shape index (κ1) is 25.0. The smallest absolute Gasteiger partial charge is 0.320 e. The lowest BCUT2D eigenvalue weighted by Crippen LogP contribution is -2.16. The van der Waals surface area contributed by atoms with Gasteiger partial charge in [0.15, 0.2) is 0 Å². The molecule has 3 aromatic carbocycles. The number of carbonyl (C=O) groups excluding carboxylic acids is 1. The summed E-state index contributed by atoms with van der Waals surface area (Å²) in [6.45, 7) is 0. The van der Waals surface area contributed by atoms with E-state index in [1.54, 1.807) is 0 Å². The molecular formula is C29H29N5O4. The van der Waals surface area contributed by atoms with Crippen molar-refractivity contribution < 1.29 is 19.1 Å². The van der Waals surface area contributed by atoms with Crippen LogP contribution in [0.25, 0.3) is 0 Å². The van der Waals surface area contributed by atoms with Crippen molar-refractivity contribution in [2.24, 2.45) is 5.92 Å². The maximum atomic E-state index is 12.7. The average molecular weight is 512 g/mol. The van der Waals surface area contributed by atoms with Crippen molar-refractivity contribution in [3.63, 3.8) is 0 Å². The number of benzene rings is 3. The minimum absolute atomic E-state index is 0.112. The van der Waals surface area contributed by atoms with E-state index in [0.717, 1.165) is 42.7 Å². The first-order valence-electron chi connectivity index (χ1n) is 12.7. The molecule has 0 bridgehead atoms. The molecule has 0 radical (unpaired) electrons. The van der Waals surface area contributed by atoms with Crippen molar-refractivity contribution in [1.82, 2.24) is 10.2 Å². The van der Waals surface area contributed by atoms with Crippen LogP contribution in [-0.2, 0) is 4.79 Å². The number of rotatable bonds is 9. The van der Waals surface area contributed by atoms with Crippen LogP contribution < -0.4 is 16.0 Å². The van der Waals surface area contributed by atoms with E-state index in [9.17, 15) is 9.59 Å². The van der Waals surface area contributed by atoms with Crippen LogP contribution in [0.1, 0.15) is 54.3 Å². The number of carboxylic acid groups (broad SMARTS) is 1. The van der Waals surface area contributed by atoms with Gasteiger partial charge in [-0.25, -0.2) is 0 Å². The van der Waals surface area contributed by atoms with E-state index in [2.05, 4.69) is 26.1 Å². The molecule has 9 heteroatoms. The summed E-state index contributed by atoms with van der Waals surface area (Å²) in [5, 5.41) is 26.0. The minimum Gasteiger partial charge on any atom is -0.481 e. The Labute approximate surface area is 220 Å². The predicted molar refractivity (Wildman–Crippen MR) is 145 cm³/mol. The van der Waals surface area contributed by atoms with Crippen LogP contribution in [0.15, 0.2) is 83.3 Å². The van der Waals surface area contributed by atoms with Gasteiger partial charge in [0, 0.05) is 29.2 Å². The van der Waals surface area contributed by atoms with Gasteiger partial charge in [-0.1, -0.05) is 41.5 Å². The summed E-state index contributed by atoms with van der Waals surface area (Å²) in [4.78, 5) is 23.6. The first-order chi connectivity index (χ1) is 18.5. The average Bonchev–Trinajstić information content (AvgIpc) is 3.39. The Morgan fingerprint density at radius 3 is 2.18 bits per heavy atom. The van der Waals surface area contributed by atoms with Crippen molar-refractivity contribution in [2.45, 2.75) is 38.0 Å². The molecule has 1 aliphatic carbocycles. The van der Waals surface area contributed by atoms with Crippen molar-refractivity contribution in [3.05, 3.63) is 90.3 Å². The Morgan fingerprint density at radius 1 is 0.789 bits per heavy atom. The second-order valence-corrected chi connectivity index (χ2v) is 9.50. The largest absolute Gasteiger partial charge is 0.481 e. The molecule has 1 aliphatic rings. The highest BCUT2D eigenvalue weighted by Gasteiger charge is 2.24. The second-order valence-electron chi connectivity index (χ2n) is 9.50. The van der Waals surface area contributed by atoms with Crippen molar-refractivity contribution in [2.75, 3.05) is 16.0 Å². The fourth-order valence-electron chi connectivity index (χ4n) is 4.82. The van der Waals surface area contributed by atoms with Crippen LogP contribution >= 0.6 is 0 Å². The van der Waals surface area contributed by atoms with Crippen molar-refractivity contribution in [3.8, 4) is 0 Å². The normalized spacial score (nSPS) is 16.9. The summed E-state index contributed by atoms with van der Waals surface area (Å²) in [6, 6.07) is 25.3. The van der Waals surface area contributed by atoms with E-state index in [0.29, 0.717) is 11.6 Å². The van der Waals surface area contributed by atoms with E-state index in [1.165, 1.54) is 5.56 Å². The number of aliphatic carboxylic acids is 1. The standard InChI is InChI=1S/C29H29N5O4/c35-26(36)17-19-9-11-20(12-10-19)21-13-15-23(16-14-21)31-27(37)28-33-34-29(38-28)32-25-8-4-7-24(18-25)30-22-5-2-1-3-6-22/h1-8,13-16,18-20,30H,9-12,17H2,(H,31,37)(H,32,34)(H,35,36). The fraction of sp³-hybridized carbons (Fsp3) is 0.241. The maximum Gasteiger partial charge on any atom is 0.320 e. The van der Waals surface area contributed by atoms with Gasteiger partial charge in [-0.3, -0.25) is 9.59 Å². The van der Waals surface area contributed by atoms with Crippen molar-refractivity contribution >= 4 is 40.6 Å². The molecule has 1 heterocycles. The van der Waals surface area contributed by atoms with E-state index in [1.807, 2.05) is 78.9 Å². The molecule has 0 spiro atoms. The topological polar surface area (TPSA) is 129 Å². The highest BCUT2D eigenvalue weighted by molar-refractivity contribution is 6.00. The quantitative estimate of drug-likeness (QED) is 0.199. The number of carboxylic acids is 1. The first-order valence-corrected chi connectivity index (χ1v) is 12.7. The van der Waals surface area contributed by atoms with E-state index >= 15 is 0 Å². The molecule has 194 valence electrons. The number of aromatic nitrogens is 2. The SMILES string of the molecule is O=C(O)CC1CCC(c2ccc(NC(=O)c3nnc(Nc4cccc(Nc5ccccc5)c4)o3)cc2)CC1. The van der Waals surface area contributed by atoms with E-state index in [4.69, 9.17) is 9.52 Å². The summed E-state index contributed by atoms with van der Waals surface area (Å²) in [5.74, 6) is -0.677. The molecule has 1 aromatic heterocycles. The maximum absolute atomic E-state index is 12.7. The third-order valence-electron chi connectivity index (χ3n) is 6.75. The number of hydrogen-bond donors (Lipinski definition) is 4. The summed E-state index contributed by atoms with van der Waals surface area (Å²) in [7, 11) is 0. The number of hydrogen-bond acceptors (Lipinski definition) is 7. The van der Waals surface area contributed by atoms with Crippen LogP contribution in [0.2, 0.25) is 0 Å². The molecule has 0 saturated heterocycles. The van der Waals surface area contributed by atoms with Crippen LogP contribution in [0.4, 0.5) is 28.8 Å². The molecule has 1 fully saturated rings. The molecule has 5 rings (SSSR count). The Hall–Kier alpha value is -4.66. The molecular weight excluding hydrogens is 482 g/mol. The fourth-order valence-corrected chi connectivity index (χ4v) is 4.82. The lowest BCUT2D eigenvalue weighted by atomic mass is 9.77. The Balaban J connectivity index is 1.14. The molecule has 1 saturated carbocycles. The lowest BCUT2D eigenvalue weighted by molar-refractivity contribution is -0.138. The number of para-hydroxylation sites is 1. The molecule has 4 N–H and O–H groups in total. The second kappa shape index (κ2) is 11.6. The summed E-state index contributed by atoms with van der Waals surface area (Å²) in [6.07, 6.45) is 4.06. The Morgan fingerprint density at radius 2 is 1.47 bits per heavy atom. The van der Waals surface area contributed by atoms with Crippen LogP contribution in [0, 0.1) is 5.92 Å². The molecule has 1 amide bonds. The molecule has 0 unspecified atom stereocenters. The molecule has 4 aromatic rings. The van der Waals surface area contributed by atoms with Crippen LogP contribution in [0.3, 0.4) is 0 Å². The summed E-state index contributed by atoms with van der Waals surface area (Å²) < 4.78 is 5.53. The summed E-state index contributed by atoms with van der Waals surface area (Å²) in [5.41, 5.74) is 4.41. The monoisotopic (exact) mass is 511 g/mol. The van der Waals surface area contributed by atoms with Gasteiger partial charge in [0.2, 0.25) is 0 Å². The number of amides is 1. The molecule has 9 nitrogen and oxygen atoms in total. The van der Waals surface area contributed by atoms with Gasteiger partial charge in [-0.2, -0.15) is 0 Å². The van der Waals surface area contributed by atoms with Gasteiger partial charge in [-0.05, 0) is 85.5 Å². The minimum atomic E-state index is -0.719. The van der Waals surface area contributed by atoms with Gasteiger partial charge in [0.05, 0.1) is 0 Å². The molecule has 0 atom stereocenters. The Kier molecular flexibility index (Phi) is 7.63. The third kappa shape index (κ3) is 6.56. The zero-order chi connectivity index (χ0) is 26.3. The highest BCUT2D eigenvalue weighted by Crippen LogP contribution is 2.37. The van der Waals surface area contributed by atoms with Gasteiger partial charge in [-0.15, -0.1) is 5.10 Å². The van der Waals surface area contributed by atoms with Gasteiger partial charge >= 0.3 is 23.8 Å². The van der Waals surface area contributed by atoms with Gasteiger partial charge < -0.3 is 25.5 Å². The van der Waals surface area contributed by atoms with Gasteiger partial charge in [0.25, 0.3) is 0 Å². The third-order valence-corrected chi connectivity index (χ3v) is 6.75. The van der Waals surface area contributed by atoms with E-state index in [-0.39, 0.29) is 24.2 Å². The van der Waals surface area contributed by atoms with Crippen LogP contribution in [0.5, 0.6) is 0 Å². The zero-order valence-electron chi connectivity index (χ0n) is 20.8. The van der Waals surface area contributed by atoms with E-state index < -0.39 is 11.9 Å². The Bertz CT molecular complexity index is 1380. The number of anilines is 5. The predicted octanol–water partition coefficient (Wildman–Crippen LogP) is 6.56. The van der Waals surface area contributed by atoms with Crippen LogP contribution in [-0.4, -0.2) is 27.2 Å². The molecule has 0 aliphatic heterocycles. The molecule has 38 heavy (non-hydrogen) atoms. The number of nitrogens with one attached hydrogen (secondary N) is 3.